The summed E-state index contributed by atoms with van der Waals surface area (Å²) in [6.07, 6.45) is 5.09. The number of carbonyl (C=O) groups is 2. The first-order chi connectivity index (χ1) is 10.1. The monoisotopic (exact) mass is 296 g/mol. The van der Waals surface area contributed by atoms with Gasteiger partial charge in [0.15, 0.2) is 0 Å². The molecule has 0 aromatic carbocycles. The van der Waals surface area contributed by atoms with Crippen LogP contribution in [0.3, 0.4) is 0 Å². The second kappa shape index (κ2) is 6.22. The third-order valence-electron chi connectivity index (χ3n) is 5.31. The van der Waals surface area contributed by atoms with Gasteiger partial charge in [-0.25, -0.2) is 4.79 Å². The molecule has 2 aliphatic carbocycles. The third kappa shape index (κ3) is 3.15. The summed E-state index contributed by atoms with van der Waals surface area (Å²) in [5.41, 5.74) is 0. The van der Waals surface area contributed by atoms with E-state index in [0.717, 1.165) is 38.7 Å². The number of hydrogen-bond donors (Lipinski definition) is 3. The zero-order valence-corrected chi connectivity index (χ0v) is 12.2. The number of nitrogens with one attached hydrogen (secondary N) is 2. The lowest BCUT2D eigenvalue weighted by molar-refractivity contribution is -0.144. The number of fused-ring (bicyclic) bond motifs is 2. The van der Waals surface area contributed by atoms with Crippen molar-refractivity contribution in [1.82, 2.24) is 10.6 Å². The summed E-state index contributed by atoms with van der Waals surface area (Å²) >= 11 is 0. The second-order valence-electron chi connectivity index (χ2n) is 6.66. The van der Waals surface area contributed by atoms with Gasteiger partial charge in [0.05, 0.1) is 12.5 Å². The third-order valence-corrected chi connectivity index (χ3v) is 5.31. The number of hydrogen-bond acceptors (Lipinski definition) is 3. The molecule has 0 aromatic rings. The molecular weight excluding hydrogens is 272 g/mol. The Labute approximate surface area is 124 Å². The average Bonchev–Trinajstić information content (AvgIpc) is 3.07. The summed E-state index contributed by atoms with van der Waals surface area (Å²) in [7, 11) is 0. The number of carboxylic acids is 1. The van der Waals surface area contributed by atoms with E-state index in [9.17, 15) is 14.7 Å². The van der Waals surface area contributed by atoms with Crippen molar-refractivity contribution in [1.29, 1.82) is 0 Å². The molecule has 2 saturated carbocycles. The standard InChI is InChI=1S/C15H24N2O4/c18-14(19)12-10-3-4-11(6-10)13(12)17-15(20)16-7-9-2-1-5-21-8-9/h9-13H,1-8H2,(H,18,19)(H2,16,17,20). The SMILES string of the molecule is O=C(NCC1CCCOC1)NC1C2CCC(C2)C1C(=O)O. The van der Waals surface area contributed by atoms with Gasteiger partial charge >= 0.3 is 12.0 Å². The molecule has 3 rings (SSSR count). The maximum atomic E-state index is 12.0. The first kappa shape index (κ1) is 14.6. The highest BCUT2D eigenvalue weighted by Gasteiger charge is 2.51. The van der Waals surface area contributed by atoms with E-state index in [-0.39, 0.29) is 18.0 Å². The van der Waals surface area contributed by atoms with Crippen molar-refractivity contribution >= 4 is 12.0 Å². The lowest BCUT2D eigenvalue weighted by atomic mass is 9.84. The molecule has 21 heavy (non-hydrogen) atoms. The number of carbonyl (C=O) groups excluding carboxylic acids is 1. The predicted molar refractivity (Wildman–Crippen MR) is 75.8 cm³/mol. The molecule has 1 aliphatic heterocycles. The lowest BCUT2D eigenvalue weighted by Crippen LogP contribution is -2.51. The van der Waals surface area contributed by atoms with E-state index in [2.05, 4.69) is 10.6 Å². The average molecular weight is 296 g/mol. The maximum absolute atomic E-state index is 12.0. The van der Waals surface area contributed by atoms with Crippen LogP contribution < -0.4 is 10.6 Å². The van der Waals surface area contributed by atoms with Gasteiger partial charge in [-0.2, -0.15) is 0 Å². The van der Waals surface area contributed by atoms with E-state index in [1.807, 2.05) is 0 Å². The van der Waals surface area contributed by atoms with Gasteiger partial charge < -0.3 is 20.5 Å². The van der Waals surface area contributed by atoms with Gasteiger partial charge in [-0.3, -0.25) is 4.79 Å². The minimum atomic E-state index is -0.770. The van der Waals surface area contributed by atoms with Crippen LogP contribution in [0.5, 0.6) is 0 Å². The van der Waals surface area contributed by atoms with Gasteiger partial charge in [-0.15, -0.1) is 0 Å². The topological polar surface area (TPSA) is 87.7 Å². The van der Waals surface area contributed by atoms with Crippen molar-refractivity contribution in [3.63, 3.8) is 0 Å². The molecule has 0 radical (unpaired) electrons. The Bertz CT molecular complexity index is 408. The van der Waals surface area contributed by atoms with Crippen molar-refractivity contribution in [3.8, 4) is 0 Å². The molecule has 3 aliphatic rings. The largest absolute Gasteiger partial charge is 0.481 e. The smallest absolute Gasteiger partial charge is 0.315 e. The quantitative estimate of drug-likeness (QED) is 0.727. The fourth-order valence-electron chi connectivity index (χ4n) is 4.26. The molecule has 2 bridgehead atoms. The molecule has 2 amide bonds. The highest BCUT2D eigenvalue weighted by molar-refractivity contribution is 5.77. The number of amides is 2. The highest BCUT2D eigenvalue weighted by atomic mass is 16.5. The van der Waals surface area contributed by atoms with Crippen LogP contribution in [0.15, 0.2) is 0 Å². The summed E-state index contributed by atoms with van der Waals surface area (Å²) in [5.74, 6) is -0.232. The van der Waals surface area contributed by atoms with Gasteiger partial charge in [0.1, 0.15) is 0 Å². The summed E-state index contributed by atoms with van der Waals surface area (Å²) in [4.78, 5) is 23.4. The molecule has 6 heteroatoms. The molecule has 3 N–H and O–H groups in total. The molecule has 6 nitrogen and oxygen atoms in total. The molecular formula is C15H24N2O4. The van der Waals surface area contributed by atoms with Crippen LogP contribution in [0.1, 0.15) is 32.1 Å². The van der Waals surface area contributed by atoms with Gasteiger partial charge in [-0.05, 0) is 49.9 Å². The van der Waals surface area contributed by atoms with E-state index < -0.39 is 11.9 Å². The number of rotatable bonds is 4. The van der Waals surface area contributed by atoms with Crippen LogP contribution in [0.25, 0.3) is 0 Å². The van der Waals surface area contributed by atoms with Gasteiger partial charge in [0.2, 0.25) is 0 Å². The Morgan fingerprint density at radius 3 is 2.71 bits per heavy atom. The summed E-state index contributed by atoms with van der Waals surface area (Å²) in [5, 5.41) is 15.1. The fourth-order valence-corrected chi connectivity index (χ4v) is 4.26. The maximum Gasteiger partial charge on any atom is 0.315 e. The number of carboxylic acid groups (broad SMARTS) is 1. The molecule has 118 valence electrons. The minimum absolute atomic E-state index is 0.205. The Morgan fingerprint density at radius 2 is 2.00 bits per heavy atom. The van der Waals surface area contributed by atoms with E-state index in [1.54, 1.807) is 0 Å². The molecule has 5 unspecified atom stereocenters. The number of ether oxygens (including phenoxy) is 1. The van der Waals surface area contributed by atoms with Crippen LogP contribution in [0.2, 0.25) is 0 Å². The van der Waals surface area contributed by atoms with Gasteiger partial charge in [0.25, 0.3) is 0 Å². The molecule has 1 saturated heterocycles. The molecule has 0 spiro atoms. The first-order valence-electron chi connectivity index (χ1n) is 8.00. The molecule has 3 fully saturated rings. The van der Waals surface area contributed by atoms with Crippen molar-refractivity contribution in [3.05, 3.63) is 0 Å². The van der Waals surface area contributed by atoms with E-state index >= 15 is 0 Å². The van der Waals surface area contributed by atoms with Crippen molar-refractivity contribution in [2.24, 2.45) is 23.7 Å². The van der Waals surface area contributed by atoms with Crippen LogP contribution in [-0.4, -0.2) is 42.9 Å². The lowest BCUT2D eigenvalue weighted by Gasteiger charge is -2.29. The first-order valence-corrected chi connectivity index (χ1v) is 8.00. The van der Waals surface area contributed by atoms with Crippen molar-refractivity contribution in [2.45, 2.75) is 38.1 Å². The summed E-state index contributed by atoms with van der Waals surface area (Å²) < 4.78 is 5.39. The van der Waals surface area contributed by atoms with Crippen LogP contribution in [-0.2, 0) is 9.53 Å². The van der Waals surface area contributed by atoms with E-state index in [4.69, 9.17) is 4.74 Å². The van der Waals surface area contributed by atoms with Crippen LogP contribution >= 0.6 is 0 Å². The highest BCUT2D eigenvalue weighted by Crippen LogP contribution is 2.48. The van der Waals surface area contributed by atoms with Crippen LogP contribution in [0, 0.1) is 23.7 Å². The Hall–Kier alpha value is -1.30. The number of aliphatic carboxylic acids is 1. The Morgan fingerprint density at radius 1 is 1.19 bits per heavy atom. The fraction of sp³-hybridized carbons (Fsp3) is 0.867. The van der Waals surface area contributed by atoms with Crippen molar-refractivity contribution in [2.75, 3.05) is 19.8 Å². The molecule has 1 heterocycles. The Balaban J connectivity index is 1.48. The molecule has 0 aromatic heterocycles. The summed E-state index contributed by atoms with van der Waals surface area (Å²) in [6, 6.07) is -0.437. The summed E-state index contributed by atoms with van der Waals surface area (Å²) in [6.45, 7) is 2.12. The Kier molecular flexibility index (Phi) is 4.33. The van der Waals surface area contributed by atoms with Crippen molar-refractivity contribution < 1.29 is 19.4 Å². The second-order valence-corrected chi connectivity index (χ2v) is 6.66. The molecule has 5 atom stereocenters. The minimum Gasteiger partial charge on any atom is -0.481 e. The normalized spacial score (nSPS) is 38.2. The van der Waals surface area contributed by atoms with Gasteiger partial charge in [-0.1, -0.05) is 0 Å². The van der Waals surface area contributed by atoms with Gasteiger partial charge in [0, 0.05) is 19.2 Å². The zero-order chi connectivity index (χ0) is 14.8. The van der Waals surface area contributed by atoms with E-state index in [0.29, 0.717) is 25.0 Å². The van der Waals surface area contributed by atoms with E-state index in [1.165, 1.54) is 0 Å². The number of urea groups is 1. The zero-order valence-electron chi connectivity index (χ0n) is 12.2. The predicted octanol–water partition coefficient (Wildman–Crippen LogP) is 1.21. The van der Waals surface area contributed by atoms with Crippen LogP contribution in [0.4, 0.5) is 4.79 Å².